The van der Waals surface area contributed by atoms with Crippen LogP contribution in [0.25, 0.3) is 0 Å². The summed E-state index contributed by atoms with van der Waals surface area (Å²) in [7, 11) is 0. The minimum absolute atomic E-state index is 0.102. The molecule has 20 heavy (non-hydrogen) atoms. The highest BCUT2D eigenvalue weighted by atomic mass is 16.3. The second kappa shape index (κ2) is 5.28. The Morgan fingerprint density at radius 2 is 1.95 bits per heavy atom. The molecule has 5 atom stereocenters. The van der Waals surface area contributed by atoms with Crippen molar-refractivity contribution in [2.45, 2.75) is 51.6 Å². The van der Waals surface area contributed by atoms with Gasteiger partial charge in [-0.05, 0) is 56.9 Å². The normalized spacial score (nSPS) is 31.4. The first-order valence-electron chi connectivity index (χ1n) is 7.82. The highest BCUT2D eigenvalue weighted by molar-refractivity contribution is 5.40. The first-order chi connectivity index (χ1) is 9.54. The smallest absolute Gasteiger partial charge is 0.124 e. The van der Waals surface area contributed by atoms with Crippen LogP contribution in [0.2, 0.25) is 0 Å². The van der Waals surface area contributed by atoms with E-state index in [1.54, 1.807) is 12.1 Å². The van der Waals surface area contributed by atoms with Crippen LogP contribution >= 0.6 is 0 Å². The van der Waals surface area contributed by atoms with Gasteiger partial charge in [0, 0.05) is 23.7 Å². The Morgan fingerprint density at radius 3 is 2.55 bits per heavy atom. The summed E-state index contributed by atoms with van der Waals surface area (Å²) in [4.78, 5) is 0. The summed E-state index contributed by atoms with van der Waals surface area (Å²) in [6.07, 6.45) is 5.63. The standard InChI is InChI=1S/C17H25NO2/c1-10(15-6-5-14(19)9-17(15)20)18-11(2)16-8-12-3-4-13(16)7-12/h5-6,9-13,16,18-20H,3-4,7-8H2,1-2H3. The Kier molecular flexibility index (Phi) is 3.63. The van der Waals surface area contributed by atoms with E-state index >= 15 is 0 Å². The van der Waals surface area contributed by atoms with Gasteiger partial charge >= 0.3 is 0 Å². The minimum atomic E-state index is 0.102. The van der Waals surface area contributed by atoms with Crippen LogP contribution in [0.5, 0.6) is 11.5 Å². The molecule has 2 fully saturated rings. The molecule has 0 radical (unpaired) electrons. The maximum atomic E-state index is 9.95. The van der Waals surface area contributed by atoms with Gasteiger partial charge in [0.15, 0.2) is 0 Å². The fourth-order valence-electron chi connectivity index (χ4n) is 4.41. The topological polar surface area (TPSA) is 52.5 Å². The van der Waals surface area contributed by atoms with Crippen molar-refractivity contribution in [1.29, 1.82) is 0 Å². The van der Waals surface area contributed by atoms with Crippen molar-refractivity contribution in [3.63, 3.8) is 0 Å². The molecule has 0 amide bonds. The van der Waals surface area contributed by atoms with E-state index in [2.05, 4.69) is 19.2 Å². The van der Waals surface area contributed by atoms with Gasteiger partial charge < -0.3 is 15.5 Å². The number of rotatable bonds is 4. The monoisotopic (exact) mass is 275 g/mol. The van der Waals surface area contributed by atoms with E-state index in [0.717, 1.165) is 23.3 Å². The highest BCUT2D eigenvalue weighted by Crippen LogP contribution is 2.49. The summed E-state index contributed by atoms with van der Waals surface area (Å²) in [6.45, 7) is 4.36. The van der Waals surface area contributed by atoms with Crippen LogP contribution < -0.4 is 5.32 Å². The molecule has 0 saturated heterocycles. The van der Waals surface area contributed by atoms with Crippen LogP contribution in [0.1, 0.15) is 51.1 Å². The molecular weight excluding hydrogens is 250 g/mol. The highest BCUT2D eigenvalue weighted by Gasteiger charge is 2.41. The van der Waals surface area contributed by atoms with E-state index in [1.165, 1.54) is 31.7 Å². The number of hydrogen-bond acceptors (Lipinski definition) is 3. The number of hydrogen-bond donors (Lipinski definition) is 3. The third kappa shape index (κ3) is 2.51. The SMILES string of the molecule is CC(NC(C)C1CC2CCC1C2)c1ccc(O)cc1O. The number of aromatic hydroxyl groups is 2. The van der Waals surface area contributed by atoms with E-state index in [0.29, 0.717) is 6.04 Å². The van der Waals surface area contributed by atoms with E-state index in [-0.39, 0.29) is 17.5 Å². The van der Waals surface area contributed by atoms with E-state index in [9.17, 15) is 10.2 Å². The zero-order chi connectivity index (χ0) is 14.3. The van der Waals surface area contributed by atoms with Gasteiger partial charge in [0.05, 0.1) is 0 Å². The molecule has 3 heteroatoms. The van der Waals surface area contributed by atoms with Crippen molar-refractivity contribution in [1.82, 2.24) is 5.32 Å². The first-order valence-corrected chi connectivity index (χ1v) is 7.82. The Hall–Kier alpha value is -1.22. The summed E-state index contributed by atoms with van der Waals surface area (Å²) in [6, 6.07) is 5.43. The zero-order valence-electron chi connectivity index (χ0n) is 12.3. The number of fused-ring (bicyclic) bond motifs is 2. The van der Waals surface area contributed by atoms with Gasteiger partial charge in [-0.25, -0.2) is 0 Å². The van der Waals surface area contributed by atoms with Crippen LogP contribution in [0.3, 0.4) is 0 Å². The summed E-state index contributed by atoms with van der Waals surface area (Å²) in [5.74, 6) is 2.94. The molecule has 1 aromatic carbocycles. The summed E-state index contributed by atoms with van der Waals surface area (Å²) < 4.78 is 0. The van der Waals surface area contributed by atoms with Crippen molar-refractivity contribution >= 4 is 0 Å². The average molecular weight is 275 g/mol. The first kappa shape index (κ1) is 13.7. The van der Waals surface area contributed by atoms with Crippen LogP contribution in [0.4, 0.5) is 0 Å². The predicted molar refractivity (Wildman–Crippen MR) is 79.7 cm³/mol. The van der Waals surface area contributed by atoms with E-state index < -0.39 is 0 Å². The van der Waals surface area contributed by atoms with Gasteiger partial charge in [-0.2, -0.15) is 0 Å². The van der Waals surface area contributed by atoms with Gasteiger partial charge in [-0.3, -0.25) is 0 Å². The zero-order valence-corrected chi connectivity index (χ0v) is 12.3. The fraction of sp³-hybridized carbons (Fsp3) is 0.647. The second-order valence-electron chi connectivity index (χ2n) is 6.76. The minimum Gasteiger partial charge on any atom is -0.508 e. The maximum Gasteiger partial charge on any atom is 0.124 e. The van der Waals surface area contributed by atoms with Crippen LogP contribution in [-0.4, -0.2) is 16.3 Å². The summed E-state index contributed by atoms with van der Waals surface area (Å²) >= 11 is 0. The molecule has 0 aliphatic heterocycles. The van der Waals surface area contributed by atoms with Gasteiger partial charge in [-0.15, -0.1) is 0 Å². The van der Waals surface area contributed by atoms with Crippen LogP contribution in [0.15, 0.2) is 18.2 Å². The molecule has 5 unspecified atom stereocenters. The quantitative estimate of drug-likeness (QED) is 0.787. The third-order valence-electron chi connectivity index (χ3n) is 5.43. The number of benzene rings is 1. The van der Waals surface area contributed by atoms with Crippen molar-refractivity contribution < 1.29 is 10.2 Å². The molecule has 110 valence electrons. The molecule has 2 saturated carbocycles. The van der Waals surface area contributed by atoms with Crippen molar-refractivity contribution in [3.05, 3.63) is 23.8 Å². The van der Waals surface area contributed by atoms with Crippen LogP contribution in [0, 0.1) is 17.8 Å². The lowest BCUT2D eigenvalue weighted by atomic mass is 9.83. The lowest BCUT2D eigenvalue weighted by Gasteiger charge is -2.31. The Balaban J connectivity index is 1.65. The third-order valence-corrected chi connectivity index (χ3v) is 5.43. The molecule has 3 N–H and O–H groups in total. The van der Waals surface area contributed by atoms with Gasteiger partial charge in [0.1, 0.15) is 11.5 Å². The van der Waals surface area contributed by atoms with Crippen molar-refractivity contribution in [2.24, 2.45) is 17.8 Å². The molecule has 0 heterocycles. The molecule has 3 nitrogen and oxygen atoms in total. The molecule has 2 aliphatic carbocycles. The molecule has 2 bridgehead atoms. The molecule has 1 aromatic rings. The Labute approximate surface area is 121 Å². The van der Waals surface area contributed by atoms with Gasteiger partial charge in [-0.1, -0.05) is 12.5 Å². The number of nitrogens with one attached hydrogen (secondary N) is 1. The molecule has 0 spiro atoms. The summed E-state index contributed by atoms with van der Waals surface area (Å²) in [5.41, 5.74) is 0.859. The Morgan fingerprint density at radius 1 is 1.15 bits per heavy atom. The van der Waals surface area contributed by atoms with Gasteiger partial charge in [0.2, 0.25) is 0 Å². The number of phenols is 2. The largest absolute Gasteiger partial charge is 0.508 e. The number of phenolic OH excluding ortho intramolecular Hbond substituents is 2. The maximum absolute atomic E-state index is 9.95. The molecule has 0 aromatic heterocycles. The second-order valence-corrected chi connectivity index (χ2v) is 6.76. The summed E-state index contributed by atoms with van der Waals surface area (Å²) in [5, 5.41) is 23.0. The lowest BCUT2D eigenvalue weighted by Crippen LogP contribution is -2.37. The molecular formula is C17H25NO2. The fourth-order valence-corrected chi connectivity index (χ4v) is 4.41. The average Bonchev–Trinajstić information content (AvgIpc) is 3.00. The lowest BCUT2D eigenvalue weighted by molar-refractivity contribution is 0.247. The van der Waals surface area contributed by atoms with Crippen molar-refractivity contribution in [3.8, 4) is 11.5 Å². The predicted octanol–water partition coefficient (Wildman–Crippen LogP) is 3.57. The van der Waals surface area contributed by atoms with Gasteiger partial charge in [0.25, 0.3) is 0 Å². The van der Waals surface area contributed by atoms with Crippen LogP contribution in [-0.2, 0) is 0 Å². The van der Waals surface area contributed by atoms with E-state index in [1.807, 2.05) is 0 Å². The Bertz CT molecular complexity index is 488. The van der Waals surface area contributed by atoms with E-state index in [4.69, 9.17) is 0 Å². The molecule has 3 rings (SSSR count). The molecule has 2 aliphatic rings. The van der Waals surface area contributed by atoms with Crippen molar-refractivity contribution in [2.75, 3.05) is 0 Å².